The number of likely N-dealkylation sites (N-methyl/N-ethyl adjacent to an activating group) is 1. The molecule has 2 aromatic heterocycles. The number of rotatable bonds is 9. The summed E-state index contributed by atoms with van der Waals surface area (Å²) in [5.74, 6) is -0.975. The molecule has 49 heavy (non-hydrogen) atoms. The number of hydrogen-bond acceptors (Lipinski definition) is 8. The Morgan fingerprint density at radius 2 is 1.67 bits per heavy atom. The number of nitrogens with two attached hydrogens (primary N) is 2. The van der Waals surface area contributed by atoms with Gasteiger partial charge in [-0.25, -0.2) is 4.98 Å². The van der Waals surface area contributed by atoms with E-state index >= 15 is 0 Å². The molecule has 11 nitrogen and oxygen atoms in total. The standard InChI is InChI=1S/C36H45ClN8O3S/c1-45-31(19-25-22-41-28-13-3-2-11-26(25)28)34(47)43-20-23-9-6-12-27(37)32(23)49-35-24(10-8-18-40-35)21-42-29(15-7-17-39)33(46)44-30(36(45)48)14-4-5-16-38/h2-3,6,8-13,18,22,29-31,41-42H,4-5,7,14-17,19-21,38-39H2,1H3,(H,43,47)(H,44,46)/t29?,30-,31-/m0/s1. The number of amides is 3. The molecule has 0 fully saturated rings. The quantitative estimate of drug-likeness (QED) is 0.143. The van der Waals surface area contributed by atoms with Crippen LogP contribution in [-0.2, 0) is 33.9 Å². The monoisotopic (exact) mass is 704 g/mol. The van der Waals surface area contributed by atoms with Gasteiger partial charge in [-0.1, -0.05) is 59.8 Å². The van der Waals surface area contributed by atoms with Crippen molar-refractivity contribution >= 4 is 52.0 Å². The van der Waals surface area contributed by atoms with Crippen LogP contribution in [0.5, 0.6) is 0 Å². The molecule has 4 aromatic rings. The number of carbonyl (C=O) groups excluding carboxylic acids is 3. The average Bonchev–Trinajstić information content (AvgIpc) is 3.52. The van der Waals surface area contributed by atoms with E-state index in [2.05, 4.69) is 25.9 Å². The zero-order chi connectivity index (χ0) is 34.8. The van der Waals surface area contributed by atoms with Crippen molar-refractivity contribution in [3.8, 4) is 0 Å². The Labute approximate surface area is 296 Å². The van der Waals surface area contributed by atoms with E-state index in [1.807, 2.05) is 60.8 Å². The third kappa shape index (κ3) is 9.20. The fraction of sp³-hybridized carbons (Fsp3) is 0.389. The highest BCUT2D eigenvalue weighted by atomic mass is 35.5. The molecule has 0 bridgehead atoms. The van der Waals surface area contributed by atoms with E-state index in [1.54, 1.807) is 13.2 Å². The normalized spacial score (nSPS) is 19.6. The van der Waals surface area contributed by atoms with Gasteiger partial charge in [0, 0.05) is 54.8 Å². The lowest BCUT2D eigenvalue weighted by atomic mass is 10.0. The molecule has 1 aliphatic heterocycles. The van der Waals surface area contributed by atoms with E-state index in [0.29, 0.717) is 56.8 Å². The summed E-state index contributed by atoms with van der Waals surface area (Å²) in [6.07, 6.45) is 6.66. The number of halogens is 1. The van der Waals surface area contributed by atoms with Gasteiger partial charge in [0.1, 0.15) is 17.1 Å². The molecule has 0 saturated carbocycles. The number of pyridine rings is 1. The van der Waals surface area contributed by atoms with E-state index in [1.165, 1.54) is 16.7 Å². The number of para-hydroxylation sites is 1. The highest BCUT2D eigenvalue weighted by molar-refractivity contribution is 7.99. The van der Waals surface area contributed by atoms with Gasteiger partial charge in [0.2, 0.25) is 17.7 Å². The van der Waals surface area contributed by atoms with Crippen molar-refractivity contribution in [3.05, 3.63) is 88.7 Å². The maximum atomic E-state index is 14.3. The Bertz CT molecular complexity index is 1750. The molecule has 0 saturated heterocycles. The van der Waals surface area contributed by atoms with Crippen molar-refractivity contribution in [1.29, 1.82) is 0 Å². The minimum Gasteiger partial charge on any atom is -0.361 e. The Balaban J connectivity index is 1.55. The molecule has 0 aliphatic carbocycles. The average molecular weight is 705 g/mol. The highest BCUT2D eigenvalue weighted by Gasteiger charge is 2.34. The molecular formula is C36H45ClN8O3S. The van der Waals surface area contributed by atoms with Gasteiger partial charge in [0.05, 0.1) is 11.1 Å². The van der Waals surface area contributed by atoms with Crippen molar-refractivity contribution < 1.29 is 14.4 Å². The Morgan fingerprint density at radius 3 is 2.49 bits per heavy atom. The van der Waals surface area contributed by atoms with Crippen molar-refractivity contribution in [1.82, 2.24) is 30.8 Å². The van der Waals surface area contributed by atoms with Crippen LogP contribution in [0, 0.1) is 0 Å². The number of fused-ring (bicyclic) bond motifs is 3. The molecule has 0 spiro atoms. The molecule has 8 N–H and O–H groups in total. The van der Waals surface area contributed by atoms with Gasteiger partial charge in [-0.3, -0.25) is 14.4 Å². The van der Waals surface area contributed by atoms with Gasteiger partial charge < -0.3 is 37.3 Å². The first-order valence-corrected chi connectivity index (χ1v) is 17.9. The van der Waals surface area contributed by atoms with Crippen LogP contribution in [0.25, 0.3) is 10.9 Å². The van der Waals surface area contributed by atoms with Crippen molar-refractivity contribution in [2.75, 3.05) is 20.1 Å². The van der Waals surface area contributed by atoms with Crippen LogP contribution in [-0.4, -0.2) is 70.9 Å². The smallest absolute Gasteiger partial charge is 0.245 e. The number of aromatic nitrogens is 2. The first-order chi connectivity index (χ1) is 23.8. The topological polar surface area (TPSA) is 171 Å². The molecule has 5 rings (SSSR count). The summed E-state index contributed by atoms with van der Waals surface area (Å²) >= 11 is 8.16. The molecule has 1 unspecified atom stereocenters. The van der Waals surface area contributed by atoms with Crippen molar-refractivity contribution in [2.24, 2.45) is 11.5 Å². The summed E-state index contributed by atoms with van der Waals surface area (Å²) in [6.45, 7) is 1.43. The second-order valence-corrected chi connectivity index (χ2v) is 13.7. The Morgan fingerprint density at radius 1 is 0.898 bits per heavy atom. The SMILES string of the molecule is CN1C(=O)[C@H](CCCCN)NC(=O)C(CCCN)NCc2cccnc2Sc2c(Cl)cccc2CNC(=O)[C@@H]1Cc1c[nH]c2ccccc12. The van der Waals surface area contributed by atoms with Crippen LogP contribution in [0.2, 0.25) is 5.02 Å². The number of aromatic amines is 1. The molecule has 2 aromatic carbocycles. The summed E-state index contributed by atoms with van der Waals surface area (Å²) in [4.78, 5) is 52.6. The number of benzene rings is 2. The van der Waals surface area contributed by atoms with E-state index in [4.69, 9.17) is 23.1 Å². The second-order valence-electron chi connectivity index (χ2n) is 12.3. The summed E-state index contributed by atoms with van der Waals surface area (Å²) in [7, 11) is 1.63. The molecule has 0 radical (unpaired) electrons. The van der Waals surface area contributed by atoms with Crippen LogP contribution in [0.3, 0.4) is 0 Å². The minimum absolute atomic E-state index is 0.187. The van der Waals surface area contributed by atoms with Gasteiger partial charge in [-0.15, -0.1) is 0 Å². The third-order valence-electron chi connectivity index (χ3n) is 8.87. The van der Waals surface area contributed by atoms with Crippen LogP contribution < -0.4 is 27.4 Å². The largest absolute Gasteiger partial charge is 0.361 e. The molecule has 3 heterocycles. The van der Waals surface area contributed by atoms with Crippen LogP contribution in [0.1, 0.15) is 48.8 Å². The summed E-state index contributed by atoms with van der Waals surface area (Å²) < 4.78 is 0. The number of H-pyrrole nitrogens is 1. The van der Waals surface area contributed by atoms with Gasteiger partial charge in [-0.05, 0) is 80.1 Å². The fourth-order valence-electron chi connectivity index (χ4n) is 6.07. The molecule has 13 heteroatoms. The Kier molecular flexibility index (Phi) is 13.1. The predicted molar refractivity (Wildman–Crippen MR) is 194 cm³/mol. The lowest BCUT2D eigenvalue weighted by molar-refractivity contribution is -0.142. The minimum atomic E-state index is -0.875. The van der Waals surface area contributed by atoms with E-state index in [0.717, 1.165) is 37.5 Å². The summed E-state index contributed by atoms with van der Waals surface area (Å²) in [5, 5.41) is 11.7. The second kappa shape index (κ2) is 17.6. The van der Waals surface area contributed by atoms with Crippen LogP contribution in [0.15, 0.2) is 76.9 Å². The van der Waals surface area contributed by atoms with E-state index in [9.17, 15) is 14.4 Å². The molecule has 3 amide bonds. The maximum Gasteiger partial charge on any atom is 0.245 e. The predicted octanol–water partition coefficient (Wildman–Crippen LogP) is 3.88. The maximum absolute atomic E-state index is 14.3. The molecule has 3 atom stereocenters. The Hall–Kier alpha value is -3.94. The van der Waals surface area contributed by atoms with Gasteiger partial charge in [0.15, 0.2) is 0 Å². The van der Waals surface area contributed by atoms with Crippen molar-refractivity contribution in [3.63, 3.8) is 0 Å². The number of hydrogen-bond donors (Lipinski definition) is 6. The van der Waals surface area contributed by atoms with Gasteiger partial charge in [-0.2, -0.15) is 0 Å². The lowest BCUT2D eigenvalue weighted by Gasteiger charge is -2.32. The number of nitrogens with one attached hydrogen (secondary N) is 4. The first-order valence-electron chi connectivity index (χ1n) is 16.7. The van der Waals surface area contributed by atoms with Gasteiger partial charge in [0.25, 0.3) is 0 Å². The lowest BCUT2D eigenvalue weighted by Crippen LogP contribution is -2.57. The highest BCUT2D eigenvalue weighted by Crippen LogP contribution is 2.37. The summed E-state index contributed by atoms with van der Waals surface area (Å²) in [5.41, 5.74) is 15.2. The fourth-order valence-corrected chi connectivity index (χ4v) is 7.40. The number of unbranched alkanes of at least 4 members (excludes halogenated alkanes) is 1. The van der Waals surface area contributed by atoms with Crippen LogP contribution in [0.4, 0.5) is 0 Å². The number of carbonyl (C=O) groups is 3. The molecule has 1 aliphatic rings. The van der Waals surface area contributed by atoms with Gasteiger partial charge >= 0.3 is 0 Å². The van der Waals surface area contributed by atoms with Crippen LogP contribution >= 0.6 is 23.4 Å². The van der Waals surface area contributed by atoms with E-state index in [-0.39, 0.29) is 30.7 Å². The zero-order valence-electron chi connectivity index (χ0n) is 27.7. The zero-order valence-corrected chi connectivity index (χ0v) is 29.3. The molecule has 260 valence electrons. The first kappa shape index (κ1) is 36.3. The number of nitrogens with zero attached hydrogens (tertiary/aromatic N) is 2. The van der Waals surface area contributed by atoms with Crippen molar-refractivity contribution in [2.45, 2.75) is 79.7 Å². The summed E-state index contributed by atoms with van der Waals surface area (Å²) in [6, 6.07) is 14.9. The third-order valence-corrected chi connectivity index (χ3v) is 10.5. The molecular weight excluding hydrogens is 660 g/mol. The van der Waals surface area contributed by atoms with E-state index < -0.39 is 18.1 Å².